The first-order valence-corrected chi connectivity index (χ1v) is 4.75. The van der Waals surface area contributed by atoms with Gasteiger partial charge in [0.2, 0.25) is 0 Å². The minimum absolute atomic E-state index is 0.193. The summed E-state index contributed by atoms with van der Waals surface area (Å²) in [5.41, 5.74) is 6.30. The maximum Gasteiger partial charge on any atom is 0.251 e. The standard InChI is InChI=1S/C11H10FN3O/c12-8-3-1-7(2-4-8)11-14-9(6-13)5-10(16)15-11/h1-5H,6,13H2,(H,14,15,16). The average molecular weight is 219 g/mol. The van der Waals surface area contributed by atoms with E-state index < -0.39 is 0 Å². The summed E-state index contributed by atoms with van der Waals surface area (Å²) in [4.78, 5) is 18.0. The lowest BCUT2D eigenvalue weighted by Crippen LogP contribution is -2.12. The number of hydrogen-bond donors (Lipinski definition) is 2. The Morgan fingerprint density at radius 2 is 2.00 bits per heavy atom. The van der Waals surface area contributed by atoms with Gasteiger partial charge in [0, 0.05) is 18.2 Å². The highest BCUT2D eigenvalue weighted by atomic mass is 19.1. The maximum absolute atomic E-state index is 12.7. The van der Waals surface area contributed by atoms with Gasteiger partial charge in [0.25, 0.3) is 5.56 Å². The molecule has 0 spiro atoms. The van der Waals surface area contributed by atoms with E-state index in [0.717, 1.165) is 0 Å². The maximum atomic E-state index is 12.7. The molecule has 1 aromatic heterocycles. The molecule has 82 valence electrons. The largest absolute Gasteiger partial charge is 0.325 e. The van der Waals surface area contributed by atoms with Gasteiger partial charge in [0.05, 0.1) is 5.69 Å². The van der Waals surface area contributed by atoms with Gasteiger partial charge < -0.3 is 10.7 Å². The Kier molecular flexibility index (Phi) is 2.78. The molecule has 0 radical (unpaired) electrons. The van der Waals surface area contributed by atoms with Crippen LogP contribution in [0.5, 0.6) is 0 Å². The van der Waals surface area contributed by atoms with E-state index in [1.807, 2.05) is 0 Å². The van der Waals surface area contributed by atoms with E-state index in [-0.39, 0.29) is 17.9 Å². The van der Waals surface area contributed by atoms with Crippen LogP contribution in [0.3, 0.4) is 0 Å². The third-order valence-electron chi connectivity index (χ3n) is 2.12. The summed E-state index contributed by atoms with van der Waals surface area (Å²) in [6.45, 7) is 0.193. The smallest absolute Gasteiger partial charge is 0.251 e. The highest BCUT2D eigenvalue weighted by Crippen LogP contribution is 2.13. The molecule has 2 aromatic rings. The van der Waals surface area contributed by atoms with E-state index in [0.29, 0.717) is 17.1 Å². The first-order chi connectivity index (χ1) is 7.69. The predicted molar refractivity (Wildman–Crippen MR) is 58.1 cm³/mol. The molecule has 0 aliphatic heterocycles. The molecule has 0 bridgehead atoms. The van der Waals surface area contributed by atoms with Gasteiger partial charge in [0.15, 0.2) is 0 Å². The van der Waals surface area contributed by atoms with E-state index in [1.165, 1.54) is 18.2 Å². The van der Waals surface area contributed by atoms with Crippen LogP contribution in [0.2, 0.25) is 0 Å². The molecule has 0 aliphatic rings. The number of nitrogens with one attached hydrogen (secondary N) is 1. The third-order valence-corrected chi connectivity index (χ3v) is 2.12. The van der Waals surface area contributed by atoms with Crippen LogP contribution in [0, 0.1) is 5.82 Å². The molecule has 2 rings (SSSR count). The fraction of sp³-hybridized carbons (Fsp3) is 0.0909. The van der Waals surface area contributed by atoms with Crippen LogP contribution in [0.25, 0.3) is 11.4 Å². The fourth-order valence-electron chi connectivity index (χ4n) is 1.36. The summed E-state index contributed by atoms with van der Waals surface area (Å²) in [6, 6.07) is 7.06. The molecule has 16 heavy (non-hydrogen) atoms. The molecule has 0 saturated carbocycles. The molecule has 1 heterocycles. The van der Waals surface area contributed by atoms with Gasteiger partial charge in [-0.05, 0) is 24.3 Å². The number of aromatic nitrogens is 2. The van der Waals surface area contributed by atoms with Crippen molar-refractivity contribution in [1.82, 2.24) is 9.97 Å². The second-order valence-corrected chi connectivity index (χ2v) is 3.30. The van der Waals surface area contributed by atoms with Gasteiger partial charge in [-0.3, -0.25) is 4.79 Å². The summed E-state index contributed by atoms with van der Waals surface area (Å²) < 4.78 is 12.7. The lowest BCUT2D eigenvalue weighted by Gasteiger charge is -2.02. The van der Waals surface area contributed by atoms with Crippen LogP contribution in [0.1, 0.15) is 5.69 Å². The summed E-state index contributed by atoms with van der Waals surface area (Å²) >= 11 is 0. The number of benzene rings is 1. The second kappa shape index (κ2) is 4.24. The van der Waals surface area contributed by atoms with Crippen molar-refractivity contribution >= 4 is 0 Å². The molecule has 5 heteroatoms. The Labute approximate surface area is 91.0 Å². The van der Waals surface area contributed by atoms with Crippen molar-refractivity contribution in [2.45, 2.75) is 6.54 Å². The number of H-pyrrole nitrogens is 1. The van der Waals surface area contributed by atoms with Gasteiger partial charge in [-0.1, -0.05) is 0 Å². The molecule has 0 fully saturated rings. The van der Waals surface area contributed by atoms with Crippen LogP contribution in [-0.4, -0.2) is 9.97 Å². The van der Waals surface area contributed by atoms with Crippen molar-refractivity contribution < 1.29 is 4.39 Å². The Balaban J connectivity index is 2.51. The zero-order chi connectivity index (χ0) is 11.5. The number of nitrogens with two attached hydrogens (primary N) is 1. The molecular formula is C11H10FN3O. The van der Waals surface area contributed by atoms with Gasteiger partial charge in [-0.25, -0.2) is 9.37 Å². The lowest BCUT2D eigenvalue weighted by atomic mass is 10.2. The first kappa shape index (κ1) is 10.5. The van der Waals surface area contributed by atoms with Gasteiger partial charge >= 0.3 is 0 Å². The van der Waals surface area contributed by atoms with Crippen LogP contribution in [0.15, 0.2) is 35.1 Å². The first-order valence-electron chi connectivity index (χ1n) is 4.75. The number of hydrogen-bond acceptors (Lipinski definition) is 3. The van der Waals surface area contributed by atoms with Crippen molar-refractivity contribution in [2.24, 2.45) is 5.73 Å². The fourth-order valence-corrected chi connectivity index (χ4v) is 1.36. The van der Waals surface area contributed by atoms with Gasteiger partial charge in [-0.15, -0.1) is 0 Å². The molecule has 4 nitrogen and oxygen atoms in total. The predicted octanol–water partition coefficient (Wildman–Crippen LogP) is 1.03. The molecule has 1 aromatic carbocycles. The monoisotopic (exact) mass is 219 g/mol. The van der Waals surface area contributed by atoms with E-state index in [1.54, 1.807) is 12.1 Å². The Morgan fingerprint density at radius 3 is 2.62 bits per heavy atom. The Bertz CT molecular complexity index is 548. The topological polar surface area (TPSA) is 71.8 Å². The van der Waals surface area contributed by atoms with Crippen LogP contribution < -0.4 is 11.3 Å². The number of aromatic amines is 1. The van der Waals surface area contributed by atoms with Crippen molar-refractivity contribution in [3.05, 3.63) is 52.2 Å². The van der Waals surface area contributed by atoms with Crippen molar-refractivity contribution in [3.63, 3.8) is 0 Å². The van der Waals surface area contributed by atoms with Crippen LogP contribution in [0.4, 0.5) is 4.39 Å². The lowest BCUT2D eigenvalue weighted by molar-refractivity contribution is 0.628. The number of halogens is 1. The summed E-state index contributed by atoms with van der Waals surface area (Å²) in [7, 11) is 0. The molecule has 0 unspecified atom stereocenters. The van der Waals surface area contributed by atoms with Crippen LogP contribution in [-0.2, 0) is 6.54 Å². The molecule has 0 aliphatic carbocycles. The SMILES string of the molecule is NCc1cc(=O)[nH]c(-c2ccc(F)cc2)n1. The van der Waals surface area contributed by atoms with Crippen LogP contribution >= 0.6 is 0 Å². The molecule has 0 atom stereocenters. The normalized spacial score (nSPS) is 10.4. The number of rotatable bonds is 2. The van der Waals surface area contributed by atoms with Crippen molar-refractivity contribution in [2.75, 3.05) is 0 Å². The molecule has 0 amide bonds. The molecule has 0 saturated heterocycles. The zero-order valence-corrected chi connectivity index (χ0v) is 8.40. The van der Waals surface area contributed by atoms with Gasteiger partial charge in [-0.2, -0.15) is 0 Å². The third kappa shape index (κ3) is 2.14. The molecule has 3 N–H and O–H groups in total. The Hall–Kier alpha value is -2.01. The van der Waals surface area contributed by atoms with E-state index >= 15 is 0 Å². The highest BCUT2D eigenvalue weighted by molar-refractivity contribution is 5.54. The second-order valence-electron chi connectivity index (χ2n) is 3.30. The quantitative estimate of drug-likeness (QED) is 0.792. The molecular weight excluding hydrogens is 209 g/mol. The minimum atomic E-state index is -0.332. The average Bonchev–Trinajstić information content (AvgIpc) is 2.29. The zero-order valence-electron chi connectivity index (χ0n) is 8.40. The minimum Gasteiger partial charge on any atom is -0.325 e. The van der Waals surface area contributed by atoms with Crippen molar-refractivity contribution in [1.29, 1.82) is 0 Å². The van der Waals surface area contributed by atoms with E-state index in [9.17, 15) is 9.18 Å². The van der Waals surface area contributed by atoms with Gasteiger partial charge in [0.1, 0.15) is 11.6 Å². The van der Waals surface area contributed by atoms with E-state index in [4.69, 9.17) is 5.73 Å². The van der Waals surface area contributed by atoms with E-state index in [2.05, 4.69) is 9.97 Å². The summed E-state index contributed by atoms with van der Waals surface area (Å²) in [6.07, 6.45) is 0. The highest BCUT2D eigenvalue weighted by Gasteiger charge is 2.03. The number of nitrogens with zero attached hydrogens (tertiary/aromatic N) is 1. The summed E-state index contributed by atoms with van der Waals surface area (Å²) in [5.74, 6) is 0.0639. The Morgan fingerprint density at radius 1 is 1.31 bits per heavy atom. The van der Waals surface area contributed by atoms with Crippen molar-refractivity contribution in [3.8, 4) is 11.4 Å². The summed E-state index contributed by atoms with van der Waals surface area (Å²) in [5, 5.41) is 0.